The smallest absolute Gasteiger partial charge is 0.110 e. The zero-order valence-corrected chi connectivity index (χ0v) is 13.3. The number of imidazole rings is 1. The first-order chi connectivity index (χ1) is 10.1. The van der Waals surface area contributed by atoms with Crippen molar-refractivity contribution in [1.29, 1.82) is 0 Å². The van der Waals surface area contributed by atoms with Crippen LogP contribution in [0.1, 0.15) is 51.9 Å². The SMILES string of the molecule is CCCc1nc2ccccc2n1C1C(C)CC(C)CC1O. The average molecular weight is 286 g/mol. The van der Waals surface area contributed by atoms with Gasteiger partial charge in [0.25, 0.3) is 0 Å². The average Bonchev–Trinajstić information content (AvgIpc) is 2.77. The van der Waals surface area contributed by atoms with Crippen LogP contribution in [0, 0.1) is 11.8 Å². The molecule has 3 nitrogen and oxygen atoms in total. The molecule has 1 N–H and O–H groups in total. The first-order valence-electron chi connectivity index (χ1n) is 8.25. The first kappa shape index (κ1) is 14.6. The Morgan fingerprint density at radius 2 is 2.00 bits per heavy atom. The molecule has 21 heavy (non-hydrogen) atoms. The maximum absolute atomic E-state index is 10.7. The third kappa shape index (κ3) is 2.59. The lowest BCUT2D eigenvalue weighted by molar-refractivity contribution is 0.0240. The molecule has 3 heteroatoms. The Kier molecular flexibility index (Phi) is 4.03. The summed E-state index contributed by atoms with van der Waals surface area (Å²) in [6.45, 7) is 6.70. The zero-order chi connectivity index (χ0) is 15.0. The van der Waals surface area contributed by atoms with Crippen molar-refractivity contribution in [2.75, 3.05) is 0 Å². The lowest BCUT2D eigenvalue weighted by Crippen LogP contribution is -2.37. The number of aryl methyl sites for hydroxylation is 1. The second kappa shape index (κ2) is 5.80. The van der Waals surface area contributed by atoms with E-state index in [0.29, 0.717) is 11.8 Å². The Bertz CT molecular complexity index is 607. The second-order valence-electron chi connectivity index (χ2n) is 6.75. The van der Waals surface area contributed by atoms with Gasteiger partial charge >= 0.3 is 0 Å². The van der Waals surface area contributed by atoms with Crippen molar-refractivity contribution in [2.45, 2.75) is 58.6 Å². The van der Waals surface area contributed by atoms with Gasteiger partial charge in [-0.15, -0.1) is 0 Å². The van der Waals surface area contributed by atoms with Gasteiger partial charge in [0, 0.05) is 6.42 Å². The molecule has 0 radical (unpaired) electrons. The molecule has 4 unspecified atom stereocenters. The zero-order valence-electron chi connectivity index (χ0n) is 13.3. The number of rotatable bonds is 3. The van der Waals surface area contributed by atoms with E-state index in [4.69, 9.17) is 4.98 Å². The van der Waals surface area contributed by atoms with Crippen molar-refractivity contribution < 1.29 is 5.11 Å². The lowest BCUT2D eigenvalue weighted by atomic mass is 9.77. The van der Waals surface area contributed by atoms with Crippen molar-refractivity contribution in [3.63, 3.8) is 0 Å². The van der Waals surface area contributed by atoms with E-state index in [-0.39, 0.29) is 12.1 Å². The van der Waals surface area contributed by atoms with Gasteiger partial charge in [-0.3, -0.25) is 0 Å². The Balaban J connectivity index is 2.11. The van der Waals surface area contributed by atoms with Gasteiger partial charge in [-0.25, -0.2) is 4.98 Å². The monoisotopic (exact) mass is 286 g/mol. The van der Waals surface area contributed by atoms with Crippen LogP contribution in [0.5, 0.6) is 0 Å². The van der Waals surface area contributed by atoms with E-state index < -0.39 is 0 Å². The summed E-state index contributed by atoms with van der Waals surface area (Å²) in [5.74, 6) is 2.22. The first-order valence-corrected chi connectivity index (χ1v) is 8.25. The van der Waals surface area contributed by atoms with E-state index in [9.17, 15) is 5.11 Å². The standard InChI is InChI=1S/C18H26N2O/c1-4-7-17-19-14-8-5-6-9-15(14)20(17)18-13(3)10-12(2)11-16(18)21/h5-6,8-9,12-13,16,18,21H,4,7,10-11H2,1-3H3. The summed E-state index contributed by atoms with van der Waals surface area (Å²) in [5.41, 5.74) is 2.23. The number of hydrogen-bond donors (Lipinski definition) is 1. The molecule has 4 atom stereocenters. The van der Waals surface area contributed by atoms with Gasteiger partial charge in [-0.1, -0.05) is 32.9 Å². The molecule has 0 aliphatic heterocycles. The molecule has 1 fully saturated rings. The number of aliphatic hydroxyl groups is 1. The predicted molar refractivity (Wildman–Crippen MR) is 86.3 cm³/mol. The van der Waals surface area contributed by atoms with Crippen LogP contribution in [0.3, 0.4) is 0 Å². The van der Waals surface area contributed by atoms with Crippen molar-refractivity contribution in [3.8, 4) is 0 Å². The highest BCUT2D eigenvalue weighted by atomic mass is 16.3. The van der Waals surface area contributed by atoms with Crippen LogP contribution in [-0.2, 0) is 6.42 Å². The van der Waals surface area contributed by atoms with Crippen LogP contribution in [0.2, 0.25) is 0 Å². The third-order valence-electron chi connectivity index (χ3n) is 4.84. The summed E-state index contributed by atoms with van der Waals surface area (Å²) in [6.07, 6.45) is 3.86. The summed E-state index contributed by atoms with van der Waals surface area (Å²) in [6, 6.07) is 8.48. The summed E-state index contributed by atoms with van der Waals surface area (Å²) in [7, 11) is 0. The van der Waals surface area contributed by atoms with Gasteiger partial charge in [0.2, 0.25) is 0 Å². The number of para-hydroxylation sites is 2. The molecule has 0 spiro atoms. The van der Waals surface area contributed by atoms with Gasteiger partial charge in [0.15, 0.2) is 0 Å². The molecule has 1 aliphatic carbocycles. The highest BCUT2D eigenvalue weighted by Gasteiger charge is 2.35. The fourth-order valence-corrected chi connectivity index (χ4v) is 4.05. The second-order valence-corrected chi connectivity index (χ2v) is 6.75. The van der Waals surface area contributed by atoms with Gasteiger partial charge in [0.05, 0.1) is 23.2 Å². The van der Waals surface area contributed by atoms with Crippen LogP contribution in [0.4, 0.5) is 0 Å². The number of nitrogens with zero attached hydrogens (tertiary/aromatic N) is 2. The quantitative estimate of drug-likeness (QED) is 0.927. The molecule has 1 heterocycles. The molecule has 2 aromatic rings. The minimum atomic E-state index is -0.267. The van der Waals surface area contributed by atoms with E-state index >= 15 is 0 Å². The minimum absolute atomic E-state index is 0.162. The largest absolute Gasteiger partial charge is 0.391 e. The minimum Gasteiger partial charge on any atom is -0.391 e. The Morgan fingerprint density at radius 3 is 2.71 bits per heavy atom. The summed E-state index contributed by atoms with van der Waals surface area (Å²) in [5, 5.41) is 10.7. The summed E-state index contributed by atoms with van der Waals surface area (Å²) < 4.78 is 2.33. The van der Waals surface area contributed by atoms with Crippen molar-refractivity contribution in [1.82, 2.24) is 9.55 Å². The van der Waals surface area contributed by atoms with Crippen LogP contribution in [-0.4, -0.2) is 20.8 Å². The van der Waals surface area contributed by atoms with Crippen LogP contribution < -0.4 is 0 Å². The van der Waals surface area contributed by atoms with E-state index in [1.165, 1.54) is 11.9 Å². The Hall–Kier alpha value is -1.35. The van der Waals surface area contributed by atoms with Crippen molar-refractivity contribution >= 4 is 11.0 Å². The summed E-state index contributed by atoms with van der Waals surface area (Å²) >= 11 is 0. The molecule has 1 aromatic carbocycles. The molecular weight excluding hydrogens is 260 g/mol. The molecular formula is C18H26N2O. The third-order valence-corrected chi connectivity index (χ3v) is 4.84. The maximum atomic E-state index is 10.7. The van der Waals surface area contributed by atoms with E-state index in [1.54, 1.807) is 0 Å². The Morgan fingerprint density at radius 1 is 1.24 bits per heavy atom. The van der Waals surface area contributed by atoms with Crippen molar-refractivity contribution in [3.05, 3.63) is 30.1 Å². The van der Waals surface area contributed by atoms with Gasteiger partial charge < -0.3 is 9.67 Å². The highest BCUT2D eigenvalue weighted by molar-refractivity contribution is 5.76. The van der Waals surface area contributed by atoms with Crippen LogP contribution in [0.15, 0.2) is 24.3 Å². The number of aliphatic hydroxyl groups excluding tert-OH is 1. The number of fused-ring (bicyclic) bond motifs is 1. The molecule has 0 bridgehead atoms. The molecule has 0 saturated heterocycles. The molecule has 114 valence electrons. The molecule has 3 rings (SSSR count). The van der Waals surface area contributed by atoms with E-state index in [2.05, 4.69) is 43.5 Å². The number of aromatic nitrogens is 2. The van der Waals surface area contributed by atoms with Crippen LogP contribution >= 0.6 is 0 Å². The molecule has 1 aliphatic rings. The van der Waals surface area contributed by atoms with E-state index in [0.717, 1.165) is 30.6 Å². The van der Waals surface area contributed by atoms with Crippen LogP contribution in [0.25, 0.3) is 11.0 Å². The maximum Gasteiger partial charge on any atom is 0.110 e. The molecule has 1 saturated carbocycles. The fraction of sp³-hybridized carbons (Fsp3) is 0.611. The summed E-state index contributed by atoms with van der Waals surface area (Å²) in [4.78, 5) is 4.82. The highest BCUT2D eigenvalue weighted by Crippen LogP contribution is 2.39. The fourth-order valence-electron chi connectivity index (χ4n) is 4.05. The number of hydrogen-bond acceptors (Lipinski definition) is 2. The normalized spacial score (nSPS) is 29.9. The molecule has 1 aromatic heterocycles. The van der Waals surface area contributed by atoms with Crippen molar-refractivity contribution in [2.24, 2.45) is 11.8 Å². The van der Waals surface area contributed by atoms with Gasteiger partial charge in [-0.05, 0) is 43.2 Å². The Labute approximate surface area is 127 Å². The topological polar surface area (TPSA) is 38.0 Å². The van der Waals surface area contributed by atoms with Gasteiger partial charge in [0.1, 0.15) is 5.82 Å². The lowest BCUT2D eigenvalue weighted by Gasteiger charge is -2.38. The number of benzene rings is 1. The predicted octanol–water partition coefficient (Wildman–Crippen LogP) is 3.96. The van der Waals surface area contributed by atoms with Gasteiger partial charge in [-0.2, -0.15) is 0 Å². The van der Waals surface area contributed by atoms with E-state index in [1.807, 2.05) is 6.07 Å². The molecule has 0 amide bonds.